The Morgan fingerprint density at radius 2 is 1.14 bits per heavy atom. The van der Waals surface area contributed by atoms with Crippen LogP contribution in [0.2, 0.25) is 0 Å². The van der Waals surface area contributed by atoms with Gasteiger partial charge >= 0.3 is 0 Å². The first-order chi connectivity index (χ1) is 16.9. The molecule has 2 heterocycles. The average molecular weight is 503 g/mol. The lowest BCUT2D eigenvalue weighted by molar-refractivity contribution is -0.179. The van der Waals surface area contributed by atoms with Gasteiger partial charge < -0.3 is 33.2 Å². The summed E-state index contributed by atoms with van der Waals surface area (Å²) < 4.78 is 42.6. The van der Waals surface area contributed by atoms with E-state index in [0.29, 0.717) is 39.6 Å². The molecule has 2 fully saturated rings. The van der Waals surface area contributed by atoms with Crippen LogP contribution in [0.15, 0.2) is 0 Å². The first-order valence-corrected chi connectivity index (χ1v) is 14.0. The van der Waals surface area contributed by atoms with Crippen molar-refractivity contribution >= 4 is 0 Å². The lowest BCUT2D eigenvalue weighted by atomic mass is 10.00. The van der Waals surface area contributed by atoms with Gasteiger partial charge in [0.15, 0.2) is 0 Å². The first-order valence-electron chi connectivity index (χ1n) is 14.0. The predicted octanol–water partition coefficient (Wildman–Crippen LogP) is 5.32. The summed E-state index contributed by atoms with van der Waals surface area (Å²) in [7, 11) is 3.45. The molecule has 6 atom stereocenters. The van der Waals surface area contributed by atoms with E-state index in [1.165, 1.54) is 25.7 Å². The van der Waals surface area contributed by atoms with Gasteiger partial charge in [0.05, 0.1) is 64.1 Å². The van der Waals surface area contributed by atoms with Crippen molar-refractivity contribution in [2.75, 3.05) is 53.9 Å². The van der Waals surface area contributed by atoms with Crippen molar-refractivity contribution in [2.45, 2.75) is 128 Å². The minimum absolute atomic E-state index is 0.0867. The topological polar surface area (TPSA) is 64.6 Å². The Balaban J connectivity index is 1.96. The zero-order valence-corrected chi connectivity index (χ0v) is 23.5. The standard InChI is InChI=1S/C28H54O7/c1-7-9-11-23(3)32-21-27(15-13-25(34-27)17-29-5)19-31-20-28(16-14-26(35-28)18-30-6)22-33-24(4)12-10-8-2/h23-26H,7-22H2,1-6H3. The SMILES string of the molecule is CCCCC(C)OCC1(COCC2(COC(C)CCCC)CCC(COC)O2)CCC(COC)O1. The summed E-state index contributed by atoms with van der Waals surface area (Å²) in [4.78, 5) is 0. The Morgan fingerprint density at radius 1 is 0.714 bits per heavy atom. The van der Waals surface area contributed by atoms with Crippen molar-refractivity contribution in [2.24, 2.45) is 0 Å². The van der Waals surface area contributed by atoms with Gasteiger partial charge in [-0.2, -0.15) is 0 Å². The number of hydrogen-bond acceptors (Lipinski definition) is 7. The minimum atomic E-state index is -0.440. The van der Waals surface area contributed by atoms with Crippen LogP contribution in [0, 0.1) is 0 Å². The highest BCUT2D eigenvalue weighted by atomic mass is 16.6. The van der Waals surface area contributed by atoms with Gasteiger partial charge in [-0.1, -0.05) is 39.5 Å². The second-order valence-electron chi connectivity index (χ2n) is 10.9. The molecule has 7 heteroatoms. The fourth-order valence-corrected chi connectivity index (χ4v) is 5.07. The Hall–Kier alpha value is -0.280. The number of rotatable bonds is 20. The fourth-order valence-electron chi connectivity index (χ4n) is 5.07. The number of hydrogen-bond donors (Lipinski definition) is 0. The maximum absolute atomic E-state index is 6.48. The van der Waals surface area contributed by atoms with E-state index in [0.717, 1.165) is 38.5 Å². The maximum atomic E-state index is 6.48. The van der Waals surface area contributed by atoms with Crippen molar-refractivity contribution in [1.82, 2.24) is 0 Å². The molecule has 0 saturated carbocycles. The second kappa shape index (κ2) is 16.5. The van der Waals surface area contributed by atoms with Gasteiger partial charge in [-0.25, -0.2) is 0 Å². The molecule has 2 aliphatic heterocycles. The molecule has 0 spiro atoms. The molecule has 0 N–H and O–H groups in total. The van der Waals surface area contributed by atoms with E-state index in [9.17, 15) is 0 Å². The molecule has 0 amide bonds. The number of methoxy groups -OCH3 is 2. The smallest absolute Gasteiger partial charge is 0.115 e. The van der Waals surface area contributed by atoms with Crippen molar-refractivity contribution in [1.29, 1.82) is 0 Å². The van der Waals surface area contributed by atoms with Gasteiger partial charge in [0, 0.05) is 14.2 Å². The van der Waals surface area contributed by atoms with Gasteiger partial charge in [0.2, 0.25) is 0 Å². The molecule has 35 heavy (non-hydrogen) atoms. The molecule has 208 valence electrons. The van der Waals surface area contributed by atoms with Crippen LogP contribution in [-0.2, 0) is 33.2 Å². The van der Waals surface area contributed by atoms with Crippen LogP contribution in [0.25, 0.3) is 0 Å². The second-order valence-corrected chi connectivity index (χ2v) is 10.9. The normalized spacial score (nSPS) is 30.7. The summed E-state index contributed by atoms with van der Waals surface area (Å²) in [6.45, 7) is 12.0. The molecular formula is C28H54O7. The molecule has 2 saturated heterocycles. The Morgan fingerprint density at radius 3 is 1.51 bits per heavy atom. The molecule has 7 nitrogen and oxygen atoms in total. The van der Waals surface area contributed by atoms with Crippen molar-refractivity contribution < 1.29 is 33.2 Å². The first kappa shape index (κ1) is 30.9. The van der Waals surface area contributed by atoms with Crippen LogP contribution in [0.3, 0.4) is 0 Å². The van der Waals surface area contributed by atoms with E-state index in [4.69, 9.17) is 33.2 Å². The minimum Gasteiger partial charge on any atom is -0.382 e. The zero-order chi connectivity index (χ0) is 25.6. The lowest BCUT2D eigenvalue weighted by Crippen LogP contribution is -2.46. The van der Waals surface area contributed by atoms with Gasteiger partial charge in [0.25, 0.3) is 0 Å². The third-order valence-electron chi connectivity index (χ3n) is 7.30. The monoisotopic (exact) mass is 502 g/mol. The largest absolute Gasteiger partial charge is 0.382 e. The van der Waals surface area contributed by atoms with Gasteiger partial charge in [0.1, 0.15) is 11.2 Å². The van der Waals surface area contributed by atoms with Crippen LogP contribution < -0.4 is 0 Å². The molecule has 0 radical (unpaired) electrons. The molecule has 0 bridgehead atoms. The van der Waals surface area contributed by atoms with Gasteiger partial charge in [-0.05, 0) is 52.4 Å². The number of ether oxygens (including phenoxy) is 7. The maximum Gasteiger partial charge on any atom is 0.115 e. The van der Waals surface area contributed by atoms with Crippen molar-refractivity contribution in [3.05, 3.63) is 0 Å². The van der Waals surface area contributed by atoms with Gasteiger partial charge in [-0.3, -0.25) is 0 Å². The summed E-state index contributed by atoms with van der Waals surface area (Å²) in [6, 6.07) is 0. The van der Waals surface area contributed by atoms with E-state index in [2.05, 4.69) is 27.7 Å². The van der Waals surface area contributed by atoms with E-state index in [1.807, 2.05) is 0 Å². The van der Waals surface area contributed by atoms with Crippen molar-refractivity contribution in [3.63, 3.8) is 0 Å². The Bertz CT molecular complexity index is 501. The summed E-state index contributed by atoms with van der Waals surface area (Å²) in [5, 5.41) is 0. The van der Waals surface area contributed by atoms with E-state index >= 15 is 0 Å². The summed E-state index contributed by atoms with van der Waals surface area (Å²) in [5.41, 5.74) is -0.880. The summed E-state index contributed by atoms with van der Waals surface area (Å²) in [6.07, 6.45) is 11.2. The Labute approximate surface area is 214 Å². The van der Waals surface area contributed by atoms with E-state index in [1.54, 1.807) is 14.2 Å². The predicted molar refractivity (Wildman–Crippen MR) is 138 cm³/mol. The highest BCUT2D eigenvalue weighted by Crippen LogP contribution is 2.35. The van der Waals surface area contributed by atoms with E-state index < -0.39 is 11.2 Å². The Kier molecular flexibility index (Phi) is 14.6. The molecule has 0 aliphatic carbocycles. The lowest BCUT2D eigenvalue weighted by Gasteiger charge is -2.34. The van der Waals surface area contributed by atoms with Crippen LogP contribution in [0.1, 0.15) is 91.9 Å². The molecule has 6 unspecified atom stereocenters. The molecule has 0 aromatic carbocycles. The zero-order valence-electron chi connectivity index (χ0n) is 23.5. The fraction of sp³-hybridized carbons (Fsp3) is 1.00. The third-order valence-corrected chi connectivity index (χ3v) is 7.30. The molecule has 2 aliphatic rings. The van der Waals surface area contributed by atoms with Crippen LogP contribution >= 0.6 is 0 Å². The average Bonchev–Trinajstić information content (AvgIpc) is 3.44. The van der Waals surface area contributed by atoms with E-state index in [-0.39, 0.29) is 24.4 Å². The number of unbranched alkanes of at least 4 members (excludes halogenated alkanes) is 2. The van der Waals surface area contributed by atoms with Gasteiger partial charge in [-0.15, -0.1) is 0 Å². The van der Waals surface area contributed by atoms with Crippen molar-refractivity contribution in [3.8, 4) is 0 Å². The summed E-state index contributed by atoms with van der Waals surface area (Å²) >= 11 is 0. The molecule has 0 aromatic heterocycles. The van der Waals surface area contributed by atoms with Crippen LogP contribution in [0.4, 0.5) is 0 Å². The summed E-state index contributed by atoms with van der Waals surface area (Å²) in [5.74, 6) is 0. The highest BCUT2D eigenvalue weighted by molar-refractivity contribution is 4.92. The van der Waals surface area contributed by atoms with Crippen LogP contribution in [-0.4, -0.2) is 89.5 Å². The highest BCUT2D eigenvalue weighted by Gasteiger charge is 2.44. The van der Waals surface area contributed by atoms with Crippen LogP contribution in [0.5, 0.6) is 0 Å². The molecule has 0 aromatic rings. The quantitative estimate of drug-likeness (QED) is 0.223. The third kappa shape index (κ3) is 10.9. The molecular weight excluding hydrogens is 448 g/mol. The molecule has 2 rings (SSSR count).